The van der Waals surface area contributed by atoms with Gasteiger partial charge in [0.25, 0.3) is 5.91 Å². The molecule has 0 spiro atoms. The molecule has 3 rings (SSSR count). The number of hydrogen-bond acceptors (Lipinski definition) is 4. The molecule has 2 aromatic carbocycles. The van der Waals surface area contributed by atoms with Gasteiger partial charge in [-0.2, -0.15) is 0 Å². The van der Waals surface area contributed by atoms with Crippen molar-refractivity contribution in [2.45, 2.75) is 39.3 Å². The van der Waals surface area contributed by atoms with Crippen LogP contribution in [0.3, 0.4) is 0 Å². The van der Waals surface area contributed by atoms with E-state index in [1.165, 1.54) is 16.7 Å². The largest absolute Gasteiger partial charge is 0.345 e. The second-order valence-electron chi connectivity index (χ2n) is 8.42. The highest BCUT2D eigenvalue weighted by atomic mass is 16.2. The lowest BCUT2D eigenvalue weighted by molar-refractivity contribution is -0.144. The Balaban J connectivity index is 1.87. The monoisotopic (exact) mass is 447 g/mol. The van der Waals surface area contributed by atoms with Gasteiger partial charge >= 0.3 is 0 Å². The minimum atomic E-state index is -0.714. The first-order chi connectivity index (χ1) is 15.8. The molecule has 7 nitrogen and oxygen atoms in total. The first-order valence-electron chi connectivity index (χ1n) is 11.0. The Morgan fingerprint density at radius 2 is 1.64 bits per heavy atom. The van der Waals surface area contributed by atoms with Crippen LogP contribution in [0.25, 0.3) is 5.70 Å². The summed E-state index contributed by atoms with van der Waals surface area (Å²) in [5.74, 6) is -1.18. The van der Waals surface area contributed by atoms with Crippen molar-refractivity contribution in [1.29, 1.82) is 0 Å². The van der Waals surface area contributed by atoms with Crippen molar-refractivity contribution in [2.24, 2.45) is 5.92 Å². The molecule has 33 heavy (non-hydrogen) atoms. The Morgan fingerprint density at radius 1 is 1.03 bits per heavy atom. The van der Waals surface area contributed by atoms with Crippen molar-refractivity contribution in [3.63, 3.8) is 0 Å². The fourth-order valence-corrected chi connectivity index (χ4v) is 3.97. The summed E-state index contributed by atoms with van der Waals surface area (Å²) in [6, 6.07) is 17.1. The number of carbonyl (C=O) groups excluding carboxylic acids is 4. The standard InChI is InChI=1S/C26H29N3O4/c1-18(2)25-26(33)29(23(15-28(25)19(3)31)21-12-8-5-9-13-21)16-24(32)27-22(17-30)14-20-10-6-4-7-11-20/h4-13,15,17-18,22,25H,14,16H2,1-3H3,(H,27,32). The van der Waals surface area contributed by atoms with E-state index in [0.717, 1.165) is 5.56 Å². The van der Waals surface area contributed by atoms with Crippen LogP contribution in [0.2, 0.25) is 0 Å². The van der Waals surface area contributed by atoms with Crippen molar-refractivity contribution in [1.82, 2.24) is 15.1 Å². The van der Waals surface area contributed by atoms with Gasteiger partial charge in [0.15, 0.2) is 0 Å². The molecule has 0 aromatic heterocycles. The van der Waals surface area contributed by atoms with Crippen molar-refractivity contribution >= 4 is 29.7 Å². The lowest BCUT2D eigenvalue weighted by Gasteiger charge is -2.40. The molecule has 1 N–H and O–H groups in total. The van der Waals surface area contributed by atoms with E-state index in [2.05, 4.69) is 5.32 Å². The molecule has 0 aliphatic carbocycles. The highest BCUT2D eigenvalue weighted by Crippen LogP contribution is 2.29. The van der Waals surface area contributed by atoms with Crippen LogP contribution in [0.1, 0.15) is 31.9 Å². The second kappa shape index (κ2) is 10.7. The third-order valence-corrected chi connectivity index (χ3v) is 5.55. The van der Waals surface area contributed by atoms with E-state index in [1.807, 2.05) is 74.5 Å². The van der Waals surface area contributed by atoms with Crippen molar-refractivity contribution in [3.05, 3.63) is 78.0 Å². The topological polar surface area (TPSA) is 86.8 Å². The van der Waals surface area contributed by atoms with Gasteiger partial charge in [0.2, 0.25) is 11.8 Å². The maximum Gasteiger partial charge on any atom is 0.250 e. The van der Waals surface area contributed by atoms with Gasteiger partial charge < -0.3 is 15.0 Å². The van der Waals surface area contributed by atoms with Gasteiger partial charge in [-0.1, -0.05) is 74.5 Å². The SMILES string of the molecule is CC(=O)N1C=C(c2ccccc2)N(CC(=O)NC(C=O)Cc2ccccc2)C(=O)C1C(C)C. The fraction of sp³-hybridized carbons (Fsp3) is 0.308. The van der Waals surface area contributed by atoms with E-state index in [0.29, 0.717) is 24.0 Å². The molecule has 1 aliphatic rings. The van der Waals surface area contributed by atoms with Gasteiger partial charge in [0, 0.05) is 13.1 Å². The Bertz CT molecular complexity index is 1030. The first-order valence-corrected chi connectivity index (χ1v) is 11.0. The second-order valence-corrected chi connectivity index (χ2v) is 8.42. The number of nitrogens with zero attached hydrogens (tertiary/aromatic N) is 2. The maximum absolute atomic E-state index is 13.5. The summed E-state index contributed by atoms with van der Waals surface area (Å²) in [5, 5.41) is 2.72. The first kappa shape index (κ1) is 23.9. The van der Waals surface area contributed by atoms with Gasteiger partial charge in [0.1, 0.15) is 18.9 Å². The zero-order valence-electron chi connectivity index (χ0n) is 19.1. The molecular weight excluding hydrogens is 418 g/mol. The molecule has 0 fully saturated rings. The fourth-order valence-electron chi connectivity index (χ4n) is 3.97. The summed E-state index contributed by atoms with van der Waals surface area (Å²) >= 11 is 0. The van der Waals surface area contributed by atoms with Crippen molar-refractivity contribution in [2.75, 3.05) is 6.54 Å². The number of rotatable bonds is 8. The molecule has 0 radical (unpaired) electrons. The van der Waals surface area contributed by atoms with E-state index in [9.17, 15) is 19.2 Å². The van der Waals surface area contributed by atoms with Crippen LogP contribution >= 0.6 is 0 Å². The number of amides is 3. The zero-order valence-corrected chi connectivity index (χ0v) is 19.1. The molecule has 3 amide bonds. The quantitative estimate of drug-likeness (QED) is 0.631. The number of nitrogens with one attached hydrogen (secondary N) is 1. The number of benzene rings is 2. The molecule has 7 heteroatoms. The Kier molecular flexibility index (Phi) is 7.77. The molecule has 0 bridgehead atoms. The molecule has 2 atom stereocenters. The van der Waals surface area contributed by atoms with Crippen molar-refractivity contribution < 1.29 is 19.2 Å². The molecule has 172 valence electrons. The minimum absolute atomic E-state index is 0.152. The van der Waals surface area contributed by atoms with Crippen LogP contribution in [-0.2, 0) is 25.6 Å². The minimum Gasteiger partial charge on any atom is -0.345 e. The third kappa shape index (κ3) is 5.74. The molecule has 2 unspecified atom stereocenters. The third-order valence-electron chi connectivity index (χ3n) is 5.55. The van der Waals surface area contributed by atoms with Gasteiger partial charge in [-0.3, -0.25) is 19.3 Å². The van der Waals surface area contributed by atoms with E-state index in [4.69, 9.17) is 0 Å². The number of carbonyl (C=O) groups is 4. The van der Waals surface area contributed by atoms with Crippen LogP contribution < -0.4 is 5.32 Å². The van der Waals surface area contributed by atoms with Gasteiger partial charge in [-0.15, -0.1) is 0 Å². The van der Waals surface area contributed by atoms with E-state index in [-0.39, 0.29) is 24.3 Å². The van der Waals surface area contributed by atoms with E-state index in [1.54, 1.807) is 6.20 Å². The van der Waals surface area contributed by atoms with Crippen LogP contribution in [0.5, 0.6) is 0 Å². The number of aldehydes is 1. The molecule has 2 aromatic rings. The normalized spacial score (nSPS) is 16.9. The van der Waals surface area contributed by atoms with Gasteiger partial charge in [-0.05, 0) is 23.5 Å². The lowest BCUT2D eigenvalue weighted by atomic mass is 9.97. The summed E-state index contributed by atoms with van der Waals surface area (Å²) in [7, 11) is 0. The highest BCUT2D eigenvalue weighted by molar-refractivity contribution is 5.99. The summed E-state index contributed by atoms with van der Waals surface area (Å²) in [6.07, 6.45) is 2.70. The number of hydrogen-bond donors (Lipinski definition) is 1. The van der Waals surface area contributed by atoms with Crippen LogP contribution in [0, 0.1) is 5.92 Å². The Morgan fingerprint density at radius 3 is 2.18 bits per heavy atom. The average molecular weight is 448 g/mol. The summed E-state index contributed by atoms with van der Waals surface area (Å²) in [4.78, 5) is 53.2. The van der Waals surface area contributed by atoms with E-state index >= 15 is 0 Å². The van der Waals surface area contributed by atoms with Crippen molar-refractivity contribution in [3.8, 4) is 0 Å². The maximum atomic E-state index is 13.5. The molecular formula is C26H29N3O4. The average Bonchev–Trinajstić information content (AvgIpc) is 2.80. The Labute approximate surface area is 194 Å². The van der Waals surface area contributed by atoms with Gasteiger partial charge in [0.05, 0.1) is 11.7 Å². The predicted molar refractivity (Wildman–Crippen MR) is 125 cm³/mol. The lowest BCUT2D eigenvalue weighted by Crippen LogP contribution is -2.56. The predicted octanol–water partition coefficient (Wildman–Crippen LogP) is 2.63. The Hall–Kier alpha value is -3.74. The summed E-state index contributed by atoms with van der Waals surface area (Å²) in [6.45, 7) is 4.89. The smallest absolute Gasteiger partial charge is 0.250 e. The molecule has 0 saturated carbocycles. The van der Waals surface area contributed by atoms with Crippen LogP contribution in [0.15, 0.2) is 66.9 Å². The zero-order chi connectivity index (χ0) is 24.0. The van der Waals surface area contributed by atoms with Crippen LogP contribution in [-0.4, -0.2) is 52.4 Å². The highest BCUT2D eigenvalue weighted by Gasteiger charge is 2.40. The summed E-state index contributed by atoms with van der Waals surface area (Å²) < 4.78 is 0. The van der Waals surface area contributed by atoms with Crippen LogP contribution in [0.4, 0.5) is 0 Å². The van der Waals surface area contributed by atoms with Gasteiger partial charge in [-0.25, -0.2) is 0 Å². The summed E-state index contributed by atoms with van der Waals surface area (Å²) in [5.41, 5.74) is 2.10. The van der Waals surface area contributed by atoms with E-state index < -0.39 is 18.0 Å². The molecule has 1 heterocycles. The molecule has 1 aliphatic heterocycles. The molecule has 0 saturated heterocycles.